The fraction of sp³-hybridized carbons (Fsp3) is 0.529. The number of rotatable bonds is 16. The molecule has 1 atom stereocenters. The summed E-state index contributed by atoms with van der Waals surface area (Å²) >= 11 is 0. The molecule has 0 radical (unpaired) electrons. The number of benzene rings is 2. The molecule has 41 heavy (non-hydrogen) atoms. The minimum absolute atomic E-state index is 0.0570. The van der Waals surface area contributed by atoms with Crippen LogP contribution in [0.15, 0.2) is 48.8 Å². The summed E-state index contributed by atoms with van der Waals surface area (Å²) in [4.78, 5) is 8.62. The van der Waals surface area contributed by atoms with Crippen molar-refractivity contribution in [2.24, 2.45) is 5.92 Å². The van der Waals surface area contributed by atoms with Crippen LogP contribution in [-0.2, 0) is 5.92 Å². The highest BCUT2D eigenvalue weighted by Crippen LogP contribution is 2.50. The summed E-state index contributed by atoms with van der Waals surface area (Å²) in [6, 6.07) is 10.5. The average molecular weight is 567 g/mol. The second kappa shape index (κ2) is 13.7. The first kappa shape index (κ1) is 29.4. The number of alkyl halides is 2. The molecule has 2 heterocycles. The third-order valence-electron chi connectivity index (χ3n) is 8.23. The van der Waals surface area contributed by atoms with Crippen LogP contribution in [-0.4, -0.2) is 22.7 Å². The van der Waals surface area contributed by atoms with Crippen molar-refractivity contribution in [3.63, 3.8) is 0 Å². The van der Waals surface area contributed by atoms with E-state index in [9.17, 15) is 0 Å². The van der Waals surface area contributed by atoms with Gasteiger partial charge in [0.2, 0.25) is 0 Å². The van der Waals surface area contributed by atoms with Crippen LogP contribution in [0.3, 0.4) is 0 Å². The summed E-state index contributed by atoms with van der Waals surface area (Å²) < 4.78 is 57.3. The van der Waals surface area contributed by atoms with Crippen LogP contribution in [0.2, 0.25) is 0 Å². The molecule has 0 saturated heterocycles. The van der Waals surface area contributed by atoms with E-state index in [1.807, 2.05) is 24.3 Å². The number of aromatic nitrogens is 2. The van der Waals surface area contributed by atoms with Gasteiger partial charge in [0.1, 0.15) is 22.9 Å². The fourth-order valence-corrected chi connectivity index (χ4v) is 5.55. The highest BCUT2D eigenvalue weighted by Gasteiger charge is 2.53. The number of halogens is 3. The van der Waals surface area contributed by atoms with E-state index < -0.39 is 23.4 Å². The van der Waals surface area contributed by atoms with E-state index in [0.717, 1.165) is 54.9 Å². The van der Waals surface area contributed by atoms with Crippen molar-refractivity contribution in [2.45, 2.75) is 102 Å². The molecule has 1 aliphatic heterocycles. The lowest BCUT2D eigenvalue weighted by Gasteiger charge is -2.18. The Hall–Kier alpha value is -3.09. The van der Waals surface area contributed by atoms with Gasteiger partial charge < -0.3 is 9.47 Å². The third kappa shape index (κ3) is 7.41. The van der Waals surface area contributed by atoms with E-state index in [1.165, 1.54) is 50.7 Å². The Bertz CT molecular complexity index is 1260. The van der Waals surface area contributed by atoms with E-state index in [-0.39, 0.29) is 23.6 Å². The number of nitrogens with zero attached hydrogens (tertiary/aromatic N) is 2. The summed E-state index contributed by atoms with van der Waals surface area (Å²) in [6.45, 7) is 2.81. The zero-order chi connectivity index (χ0) is 28.7. The Morgan fingerprint density at radius 1 is 0.829 bits per heavy atom. The molecule has 0 spiro atoms. The van der Waals surface area contributed by atoms with Crippen LogP contribution in [0.5, 0.6) is 11.5 Å². The molecule has 3 aromatic rings. The molecule has 7 heteroatoms. The summed E-state index contributed by atoms with van der Waals surface area (Å²) in [5.74, 6) is -2.63. The van der Waals surface area contributed by atoms with Gasteiger partial charge in [0, 0.05) is 18.0 Å². The number of hydrogen-bond acceptors (Lipinski definition) is 4. The SMILES string of the molecule is CCCCCCCC1Oc2ccc(-c3ncc(-c4ccc(OCCCCCCC5CC5)cc4)cn3)c(F)c2C1(F)F. The molecule has 1 unspecified atom stereocenters. The molecular formula is C34H41F3N2O2. The molecule has 1 aliphatic carbocycles. The predicted molar refractivity (Wildman–Crippen MR) is 156 cm³/mol. The maximum atomic E-state index is 15.5. The van der Waals surface area contributed by atoms with Gasteiger partial charge in [0.05, 0.1) is 12.2 Å². The van der Waals surface area contributed by atoms with E-state index in [1.54, 1.807) is 12.4 Å². The lowest BCUT2D eigenvalue weighted by molar-refractivity contribution is -0.0811. The Kier molecular flexibility index (Phi) is 9.84. The van der Waals surface area contributed by atoms with Gasteiger partial charge >= 0.3 is 5.92 Å². The third-order valence-corrected chi connectivity index (χ3v) is 8.23. The van der Waals surface area contributed by atoms with Crippen molar-refractivity contribution in [1.29, 1.82) is 0 Å². The van der Waals surface area contributed by atoms with Crippen LogP contribution < -0.4 is 9.47 Å². The summed E-state index contributed by atoms with van der Waals surface area (Å²) in [6.07, 6.45) is 15.8. The molecular weight excluding hydrogens is 525 g/mol. The molecule has 0 N–H and O–H groups in total. The minimum Gasteiger partial charge on any atom is -0.494 e. The summed E-state index contributed by atoms with van der Waals surface area (Å²) in [5, 5.41) is 0. The number of fused-ring (bicyclic) bond motifs is 1. The van der Waals surface area contributed by atoms with Gasteiger partial charge in [-0.3, -0.25) is 0 Å². The van der Waals surface area contributed by atoms with Crippen LogP contribution in [0, 0.1) is 11.7 Å². The smallest absolute Gasteiger partial charge is 0.315 e. The first-order valence-electron chi connectivity index (χ1n) is 15.4. The molecule has 5 rings (SSSR count). The maximum absolute atomic E-state index is 15.5. The van der Waals surface area contributed by atoms with Crippen molar-refractivity contribution in [2.75, 3.05) is 6.61 Å². The topological polar surface area (TPSA) is 44.2 Å². The van der Waals surface area contributed by atoms with Gasteiger partial charge in [0.15, 0.2) is 11.9 Å². The van der Waals surface area contributed by atoms with E-state index in [0.29, 0.717) is 13.0 Å². The highest BCUT2D eigenvalue weighted by atomic mass is 19.3. The molecule has 220 valence electrons. The van der Waals surface area contributed by atoms with Gasteiger partial charge in [-0.15, -0.1) is 0 Å². The van der Waals surface area contributed by atoms with Crippen LogP contribution in [0.25, 0.3) is 22.5 Å². The Balaban J connectivity index is 1.16. The molecule has 1 aromatic heterocycles. The molecule has 0 amide bonds. The Morgan fingerprint density at radius 3 is 2.22 bits per heavy atom. The molecule has 2 aromatic carbocycles. The fourth-order valence-electron chi connectivity index (χ4n) is 5.55. The van der Waals surface area contributed by atoms with Crippen LogP contribution in [0.4, 0.5) is 13.2 Å². The Morgan fingerprint density at radius 2 is 1.51 bits per heavy atom. The molecule has 1 fully saturated rings. The number of unbranched alkanes of at least 4 members (excludes halogenated alkanes) is 7. The van der Waals surface area contributed by atoms with Crippen LogP contribution >= 0.6 is 0 Å². The normalized spacial score (nSPS) is 17.3. The van der Waals surface area contributed by atoms with Gasteiger partial charge in [-0.2, -0.15) is 8.78 Å². The second-order valence-corrected chi connectivity index (χ2v) is 11.5. The lowest BCUT2D eigenvalue weighted by atomic mass is 9.98. The summed E-state index contributed by atoms with van der Waals surface area (Å²) in [7, 11) is 0. The number of ether oxygens (including phenoxy) is 2. The van der Waals surface area contributed by atoms with Crippen molar-refractivity contribution >= 4 is 0 Å². The quantitative estimate of drug-likeness (QED) is 0.162. The van der Waals surface area contributed by atoms with Gasteiger partial charge in [0.25, 0.3) is 0 Å². The van der Waals surface area contributed by atoms with Crippen molar-refractivity contribution in [1.82, 2.24) is 9.97 Å². The zero-order valence-corrected chi connectivity index (χ0v) is 24.0. The average Bonchev–Trinajstić information content (AvgIpc) is 3.76. The first-order chi connectivity index (χ1) is 20.0. The van der Waals surface area contributed by atoms with Gasteiger partial charge in [-0.05, 0) is 55.0 Å². The minimum atomic E-state index is -3.40. The lowest BCUT2D eigenvalue weighted by Crippen LogP contribution is -2.30. The Labute approximate surface area is 241 Å². The molecule has 2 aliphatic rings. The second-order valence-electron chi connectivity index (χ2n) is 11.5. The maximum Gasteiger partial charge on any atom is 0.315 e. The molecule has 4 nitrogen and oxygen atoms in total. The standard InChI is InChI=1S/C34H41F3N2O2/c1-2-3-4-5-9-12-30-34(36,37)31-29(41-30)20-19-28(32(31)35)33-38-22-26(23-39-33)25-15-17-27(18-16-25)40-21-10-7-6-8-11-24-13-14-24/h15-20,22-24,30H,2-14,21H2,1H3. The predicted octanol–water partition coefficient (Wildman–Crippen LogP) is 9.90. The van der Waals surface area contributed by atoms with Crippen molar-refractivity contribution in [3.05, 3.63) is 60.2 Å². The monoisotopic (exact) mass is 566 g/mol. The highest BCUT2D eigenvalue weighted by molar-refractivity contribution is 5.66. The van der Waals surface area contributed by atoms with E-state index >= 15 is 13.2 Å². The first-order valence-corrected chi connectivity index (χ1v) is 15.4. The zero-order valence-electron chi connectivity index (χ0n) is 24.0. The van der Waals surface area contributed by atoms with Gasteiger partial charge in [-0.1, -0.05) is 83.3 Å². The van der Waals surface area contributed by atoms with E-state index in [2.05, 4.69) is 16.9 Å². The van der Waals surface area contributed by atoms with Crippen molar-refractivity contribution < 1.29 is 22.6 Å². The van der Waals surface area contributed by atoms with Gasteiger partial charge in [-0.25, -0.2) is 14.4 Å². The molecule has 0 bridgehead atoms. The number of hydrogen-bond donors (Lipinski definition) is 0. The summed E-state index contributed by atoms with van der Waals surface area (Å²) in [5.41, 5.74) is 0.892. The van der Waals surface area contributed by atoms with Crippen LogP contribution in [0.1, 0.15) is 96.0 Å². The molecule has 1 saturated carbocycles. The van der Waals surface area contributed by atoms with Crippen molar-refractivity contribution in [3.8, 4) is 34.0 Å². The van der Waals surface area contributed by atoms with E-state index in [4.69, 9.17) is 9.47 Å². The largest absolute Gasteiger partial charge is 0.494 e.